The number of carbonyl (C=O) groups is 1. The van der Waals surface area contributed by atoms with Gasteiger partial charge in [-0.2, -0.15) is 11.8 Å². The van der Waals surface area contributed by atoms with Gasteiger partial charge in [0, 0.05) is 6.42 Å². The van der Waals surface area contributed by atoms with Crippen molar-refractivity contribution in [2.45, 2.75) is 19.3 Å². The highest BCUT2D eigenvalue weighted by Gasteiger charge is 2.19. The summed E-state index contributed by atoms with van der Waals surface area (Å²) in [6.07, 6.45) is 2.97. The van der Waals surface area contributed by atoms with E-state index in [4.69, 9.17) is 4.42 Å². The van der Waals surface area contributed by atoms with E-state index in [1.165, 1.54) is 11.5 Å². The average Bonchev–Trinajstić information content (AvgIpc) is 2.66. The summed E-state index contributed by atoms with van der Waals surface area (Å²) in [5, 5.41) is 0. The molecule has 1 saturated heterocycles. The molecule has 15 heavy (non-hydrogen) atoms. The van der Waals surface area contributed by atoms with Gasteiger partial charge in [0.05, 0.1) is 0 Å². The van der Waals surface area contributed by atoms with Gasteiger partial charge in [0.15, 0.2) is 16.2 Å². The van der Waals surface area contributed by atoms with E-state index in [9.17, 15) is 4.79 Å². The fourth-order valence-electron chi connectivity index (χ4n) is 1.78. The van der Waals surface area contributed by atoms with E-state index >= 15 is 0 Å². The van der Waals surface area contributed by atoms with Crippen LogP contribution in [0.25, 0.3) is 0 Å². The Morgan fingerprint density at radius 1 is 1.47 bits per heavy atom. The molecule has 2 rings (SSSR count). The van der Waals surface area contributed by atoms with Crippen molar-refractivity contribution in [3.8, 4) is 0 Å². The largest absolute Gasteiger partial charge is 0.446 e. The summed E-state index contributed by atoms with van der Waals surface area (Å²) in [6.45, 7) is 0. The fourth-order valence-corrected chi connectivity index (χ4v) is 3.29. The van der Waals surface area contributed by atoms with Crippen LogP contribution >= 0.6 is 27.7 Å². The Labute approximate surface area is 102 Å². The van der Waals surface area contributed by atoms with E-state index in [0.717, 1.165) is 12.8 Å². The lowest BCUT2D eigenvalue weighted by Gasteiger charge is -2.19. The summed E-state index contributed by atoms with van der Waals surface area (Å²) in [4.78, 5) is 11.8. The molecule has 82 valence electrons. The Morgan fingerprint density at radius 2 is 2.20 bits per heavy atom. The monoisotopic (exact) mass is 288 g/mol. The quantitative estimate of drug-likeness (QED) is 0.794. The second-order valence-electron chi connectivity index (χ2n) is 3.79. The Hall–Kier alpha value is -0.220. The van der Waals surface area contributed by atoms with Gasteiger partial charge in [0.2, 0.25) is 0 Å². The zero-order chi connectivity index (χ0) is 10.7. The summed E-state index contributed by atoms with van der Waals surface area (Å²) < 4.78 is 5.88. The van der Waals surface area contributed by atoms with Crippen LogP contribution in [0, 0.1) is 5.92 Å². The lowest BCUT2D eigenvalue weighted by Crippen LogP contribution is -2.14. The average molecular weight is 289 g/mol. The molecule has 4 heteroatoms. The Bertz CT molecular complexity index is 342. The van der Waals surface area contributed by atoms with Crippen molar-refractivity contribution < 1.29 is 9.21 Å². The van der Waals surface area contributed by atoms with E-state index < -0.39 is 0 Å². The van der Waals surface area contributed by atoms with E-state index in [2.05, 4.69) is 15.9 Å². The van der Waals surface area contributed by atoms with Crippen molar-refractivity contribution in [1.29, 1.82) is 0 Å². The fraction of sp³-hybridized carbons (Fsp3) is 0.545. The zero-order valence-electron chi connectivity index (χ0n) is 8.37. The second kappa shape index (κ2) is 5.21. The standard InChI is InChI=1S/C11H13BrO2S/c12-11-2-1-10(14-11)9(13)7-8-3-5-15-6-4-8/h1-2,8H,3-7H2. The van der Waals surface area contributed by atoms with Crippen LogP contribution in [-0.4, -0.2) is 17.3 Å². The number of hydrogen-bond acceptors (Lipinski definition) is 3. The number of Topliss-reactive ketones (excluding diaryl/α,β-unsaturated/α-hetero) is 1. The molecule has 0 atom stereocenters. The second-order valence-corrected chi connectivity index (χ2v) is 5.79. The highest BCUT2D eigenvalue weighted by molar-refractivity contribution is 9.10. The lowest BCUT2D eigenvalue weighted by molar-refractivity contribution is 0.0930. The number of rotatable bonds is 3. The van der Waals surface area contributed by atoms with Gasteiger partial charge in [-0.3, -0.25) is 4.79 Å². The number of hydrogen-bond donors (Lipinski definition) is 0. The molecule has 0 saturated carbocycles. The van der Waals surface area contributed by atoms with Gasteiger partial charge in [-0.25, -0.2) is 0 Å². The van der Waals surface area contributed by atoms with E-state index in [0.29, 0.717) is 22.8 Å². The number of halogens is 1. The molecule has 0 amide bonds. The predicted molar refractivity (Wildman–Crippen MR) is 65.4 cm³/mol. The predicted octanol–water partition coefficient (Wildman–Crippen LogP) is 3.76. The van der Waals surface area contributed by atoms with Gasteiger partial charge in [-0.15, -0.1) is 0 Å². The van der Waals surface area contributed by atoms with E-state index in [1.807, 2.05) is 11.8 Å². The molecular weight excluding hydrogens is 276 g/mol. The van der Waals surface area contributed by atoms with E-state index in [1.54, 1.807) is 12.1 Å². The van der Waals surface area contributed by atoms with Crippen molar-refractivity contribution >= 4 is 33.5 Å². The topological polar surface area (TPSA) is 30.2 Å². The van der Waals surface area contributed by atoms with Crippen LogP contribution in [0.3, 0.4) is 0 Å². The molecule has 1 aliphatic rings. The Morgan fingerprint density at radius 3 is 2.80 bits per heavy atom. The molecule has 1 aliphatic heterocycles. The molecule has 0 radical (unpaired) electrons. The van der Waals surface area contributed by atoms with Crippen LogP contribution in [0.15, 0.2) is 21.2 Å². The zero-order valence-corrected chi connectivity index (χ0v) is 10.8. The van der Waals surface area contributed by atoms with Crippen molar-refractivity contribution in [2.75, 3.05) is 11.5 Å². The van der Waals surface area contributed by atoms with Crippen molar-refractivity contribution in [3.05, 3.63) is 22.6 Å². The third kappa shape index (κ3) is 3.11. The van der Waals surface area contributed by atoms with Gasteiger partial charge in [-0.05, 0) is 58.3 Å². The summed E-state index contributed by atoms with van der Waals surface area (Å²) in [5.74, 6) is 3.57. The molecule has 0 bridgehead atoms. The lowest BCUT2D eigenvalue weighted by atomic mass is 9.96. The molecule has 0 aromatic carbocycles. The summed E-state index contributed by atoms with van der Waals surface area (Å²) in [7, 11) is 0. The molecule has 0 spiro atoms. The summed E-state index contributed by atoms with van der Waals surface area (Å²) >= 11 is 5.19. The van der Waals surface area contributed by atoms with Crippen molar-refractivity contribution in [1.82, 2.24) is 0 Å². The minimum atomic E-state index is 0.137. The molecule has 0 unspecified atom stereocenters. The van der Waals surface area contributed by atoms with Gasteiger partial charge in [0.1, 0.15) is 0 Å². The number of ketones is 1. The Balaban J connectivity index is 1.91. The molecule has 0 aliphatic carbocycles. The molecular formula is C11H13BrO2S. The van der Waals surface area contributed by atoms with Crippen LogP contribution in [0.2, 0.25) is 0 Å². The molecule has 1 fully saturated rings. The minimum Gasteiger partial charge on any atom is -0.446 e. The first-order valence-electron chi connectivity index (χ1n) is 5.12. The molecule has 0 N–H and O–H groups in total. The van der Waals surface area contributed by atoms with Crippen LogP contribution < -0.4 is 0 Å². The van der Waals surface area contributed by atoms with Gasteiger partial charge >= 0.3 is 0 Å². The van der Waals surface area contributed by atoms with E-state index in [-0.39, 0.29) is 5.78 Å². The highest BCUT2D eigenvalue weighted by atomic mass is 79.9. The Kier molecular flexibility index (Phi) is 3.92. The van der Waals surface area contributed by atoms with Crippen LogP contribution in [0.4, 0.5) is 0 Å². The minimum absolute atomic E-state index is 0.137. The van der Waals surface area contributed by atoms with Crippen LogP contribution in [-0.2, 0) is 0 Å². The first kappa shape index (κ1) is 11.3. The smallest absolute Gasteiger partial charge is 0.198 e. The maximum absolute atomic E-state index is 11.8. The number of furan rings is 1. The summed E-state index contributed by atoms with van der Waals surface area (Å²) in [5.41, 5.74) is 0. The van der Waals surface area contributed by atoms with Crippen molar-refractivity contribution in [2.24, 2.45) is 5.92 Å². The van der Waals surface area contributed by atoms with Crippen molar-refractivity contribution in [3.63, 3.8) is 0 Å². The van der Waals surface area contributed by atoms with Gasteiger partial charge in [0.25, 0.3) is 0 Å². The molecule has 2 nitrogen and oxygen atoms in total. The number of thioether (sulfide) groups is 1. The normalized spacial score (nSPS) is 17.9. The highest BCUT2D eigenvalue weighted by Crippen LogP contribution is 2.27. The third-order valence-electron chi connectivity index (χ3n) is 2.66. The first-order chi connectivity index (χ1) is 7.25. The van der Waals surface area contributed by atoms with Gasteiger partial charge in [-0.1, -0.05) is 0 Å². The maximum Gasteiger partial charge on any atom is 0.198 e. The number of carbonyl (C=O) groups excluding carboxylic acids is 1. The van der Waals surface area contributed by atoms with Crippen LogP contribution in [0.5, 0.6) is 0 Å². The third-order valence-corrected chi connectivity index (χ3v) is 4.14. The molecule has 2 heterocycles. The van der Waals surface area contributed by atoms with Gasteiger partial charge < -0.3 is 4.42 Å². The molecule has 1 aromatic rings. The molecule has 1 aromatic heterocycles. The summed E-state index contributed by atoms with van der Waals surface area (Å²) in [6, 6.07) is 3.51. The van der Waals surface area contributed by atoms with Crippen LogP contribution in [0.1, 0.15) is 29.8 Å². The maximum atomic E-state index is 11.8. The SMILES string of the molecule is O=C(CC1CCSCC1)c1ccc(Br)o1. The first-order valence-corrected chi connectivity index (χ1v) is 7.07.